The molecule has 0 atom stereocenters. The Bertz CT molecular complexity index is 481. The van der Waals surface area contributed by atoms with E-state index in [9.17, 15) is 0 Å². The fraction of sp³-hybridized carbons (Fsp3) is 0.100. The summed E-state index contributed by atoms with van der Waals surface area (Å²) >= 11 is 2.20. The summed E-state index contributed by atoms with van der Waals surface area (Å²) in [4.78, 5) is 0. The van der Waals surface area contributed by atoms with E-state index in [-0.39, 0.29) is 0 Å². The topological polar surface area (TPSA) is 53.1 Å². The second kappa shape index (κ2) is 4.09. The van der Waals surface area contributed by atoms with Crippen LogP contribution in [0.4, 0.5) is 5.69 Å². The molecule has 0 bridgehead atoms. The number of aromatic nitrogens is 2. The van der Waals surface area contributed by atoms with Crippen LogP contribution < -0.4 is 10.5 Å². The average Bonchev–Trinajstić information content (AvgIpc) is 2.64. The molecule has 0 aliphatic rings. The molecule has 1 aromatic heterocycles. The van der Waals surface area contributed by atoms with Gasteiger partial charge in [-0.25, -0.2) is 4.68 Å². The fourth-order valence-corrected chi connectivity index (χ4v) is 1.69. The first-order valence-electron chi connectivity index (χ1n) is 4.35. The maximum Gasteiger partial charge on any atom is 0.121 e. The van der Waals surface area contributed by atoms with Crippen LogP contribution in [-0.2, 0) is 0 Å². The predicted octanol–water partition coefficient (Wildman–Crippen LogP) is 2.07. The summed E-state index contributed by atoms with van der Waals surface area (Å²) in [5.41, 5.74) is 7.40. The third-order valence-electron chi connectivity index (χ3n) is 2.03. The van der Waals surface area contributed by atoms with E-state index in [2.05, 4.69) is 27.7 Å². The summed E-state index contributed by atoms with van der Waals surface area (Å²) in [7, 11) is 1.62. The third-order valence-corrected chi connectivity index (χ3v) is 2.59. The minimum Gasteiger partial charge on any atom is -0.497 e. The van der Waals surface area contributed by atoms with Gasteiger partial charge in [0, 0.05) is 12.3 Å². The van der Waals surface area contributed by atoms with Gasteiger partial charge in [-0.1, -0.05) is 0 Å². The van der Waals surface area contributed by atoms with Crippen molar-refractivity contribution in [3.05, 3.63) is 34.2 Å². The van der Waals surface area contributed by atoms with Crippen molar-refractivity contribution in [1.82, 2.24) is 9.78 Å². The van der Waals surface area contributed by atoms with Gasteiger partial charge in [-0.2, -0.15) is 5.10 Å². The normalized spacial score (nSPS) is 10.3. The van der Waals surface area contributed by atoms with Crippen molar-refractivity contribution in [3.8, 4) is 11.4 Å². The van der Waals surface area contributed by atoms with E-state index >= 15 is 0 Å². The van der Waals surface area contributed by atoms with Crippen LogP contribution in [0, 0.1) is 3.57 Å². The number of methoxy groups -OCH3 is 1. The molecule has 2 rings (SSSR count). The van der Waals surface area contributed by atoms with E-state index in [1.54, 1.807) is 24.1 Å². The molecular weight excluding hydrogens is 305 g/mol. The summed E-state index contributed by atoms with van der Waals surface area (Å²) in [5, 5.41) is 4.19. The molecule has 0 unspecified atom stereocenters. The van der Waals surface area contributed by atoms with Gasteiger partial charge >= 0.3 is 0 Å². The summed E-state index contributed by atoms with van der Waals surface area (Å²) in [5.74, 6) is 0.748. The van der Waals surface area contributed by atoms with E-state index in [1.165, 1.54) is 0 Å². The van der Waals surface area contributed by atoms with Gasteiger partial charge < -0.3 is 10.5 Å². The van der Waals surface area contributed by atoms with Crippen molar-refractivity contribution in [2.75, 3.05) is 12.8 Å². The molecule has 78 valence electrons. The molecule has 0 aliphatic heterocycles. The third kappa shape index (κ3) is 2.06. The van der Waals surface area contributed by atoms with E-state index in [0.717, 1.165) is 15.0 Å². The van der Waals surface area contributed by atoms with Gasteiger partial charge in [0.25, 0.3) is 0 Å². The van der Waals surface area contributed by atoms with Gasteiger partial charge in [0.15, 0.2) is 0 Å². The Labute approximate surface area is 101 Å². The Morgan fingerprint density at radius 1 is 1.47 bits per heavy atom. The lowest BCUT2D eigenvalue weighted by molar-refractivity contribution is 0.415. The quantitative estimate of drug-likeness (QED) is 0.682. The summed E-state index contributed by atoms with van der Waals surface area (Å²) < 4.78 is 7.90. The van der Waals surface area contributed by atoms with Crippen molar-refractivity contribution >= 4 is 28.3 Å². The molecule has 1 heterocycles. The number of nitrogens with two attached hydrogens (primary N) is 1. The maximum absolute atomic E-state index is 5.89. The Balaban J connectivity index is 2.45. The number of ether oxygens (including phenoxy) is 1. The Hall–Kier alpha value is -1.24. The van der Waals surface area contributed by atoms with Crippen LogP contribution >= 0.6 is 22.6 Å². The van der Waals surface area contributed by atoms with Crippen molar-refractivity contribution in [2.45, 2.75) is 0 Å². The van der Waals surface area contributed by atoms with E-state index in [4.69, 9.17) is 10.5 Å². The molecule has 1 aromatic carbocycles. The van der Waals surface area contributed by atoms with E-state index in [1.807, 2.05) is 18.3 Å². The Morgan fingerprint density at radius 2 is 2.27 bits per heavy atom. The molecule has 0 saturated carbocycles. The Kier molecular flexibility index (Phi) is 2.81. The zero-order valence-electron chi connectivity index (χ0n) is 8.14. The minimum absolute atomic E-state index is 0.647. The molecule has 0 radical (unpaired) electrons. The standard InChI is InChI=1S/C10H10IN3O/c1-15-8-2-3-10(9(12)4-8)14-6-7(11)5-13-14/h2-6H,12H2,1H3. The molecule has 0 saturated heterocycles. The SMILES string of the molecule is COc1ccc(-n2cc(I)cn2)c(N)c1. The largest absolute Gasteiger partial charge is 0.497 e. The highest BCUT2D eigenvalue weighted by Crippen LogP contribution is 2.22. The first kappa shape index (κ1) is 10.3. The molecular formula is C10H10IN3O. The van der Waals surface area contributed by atoms with Gasteiger partial charge in [0.1, 0.15) is 5.75 Å². The number of nitrogen functional groups attached to an aromatic ring is 1. The van der Waals surface area contributed by atoms with Gasteiger partial charge in [0.2, 0.25) is 0 Å². The summed E-state index contributed by atoms with van der Waals surface area (Å²) in [6, 6.07) is 5.53. The molecule has 0 amide bonds. The number of rotatable bonds is 2. The molecule has 5 heteroatoms. The minimum atomic E-state index is 0.647. The molecule has 2 N–H and O–H groups in total. The lowest BCUT2D eigenvalue weighted by Crippen LogP contribution is -2.00. The molecule has 0 aliphatic carbocycles. The number of halogens is 1. The van der Waals surface area contributed by atoms with Crippen LogP contribution in [0.5, 0.6) is 5.75 Å². The lowest BCUT2D eigenvalue weighted by Gasteiger charge is -2.07. The van der Waals surface area contributed by atoms with Gasteiger partial charge in [-0.05, 0) is 34.7 Å². The van der Waals surface area contributed by atoms with Crippen LogP contribution in [0.25, 0.3) is 5.69 Å². The molecule has 15 heavy (non-hydrogen) atoms. The van der Waals surface area contributed by atoms with Crippen LogP contribution in [0.15, 0.2) is 30.6 Å². The predicted molar refractivity (Wildman–Crippen MR) is 67.2 cm³/mol. The van der Waals surface area contributed by atoms with Crippen molar-refractivity contribution in [2.24, 2.45) is 0 Å². The van der Waals surface area contributed by atoms with E-state index in [0.29, 0.717) is 5.69 Å². The summed E-state index contributed by atoms with van der Waals surface area (Å²) in [6.07, 6.45) is 3.70. The second-order valence-electron chi connectivity index (χ2n) is 3.03. The highest BCUT2D eigenvalue weighted by atomic mass is 127. The summed E-state index contributed by atoms with van der Waals surface area (Å²) in [6.45, 7) is 0. The monoisotopic (exact) mass is 315 g/mol. The average molecular weight is 315 g/mol. The smallest absolute Gasteiger partial charge is 0.121 e. The lowest BCUT2D eigenvalue weighted by atomic mass is 10.2. The Morgan fingerprint density at radius 3 is 2.80 bits per heavy atom. The second-order valence-corrected chi connectivity index (χ2v) is 4.27. The van der Waals surface area contributed by atoms with Crippen LogP contribution in [0.2, 0.25) is 0 Å². The van der Waals surface area contributed by atoms with E-state index < -0.39 is 0 Å². The van der Waals surface area contributed by atoms with Gasteiger partial charge in [0.05, 0.1) is 28.3 Å². The van der Waals surface area contributed by atoms with Crippen molar-refractivity contribution in [3.63, 3.8) is 0 Å². The van der Waals surface area contributed by atoms with Crippen LogP contribution in [0.3, 0.4) is 0 Å². The molecule has 0 fully saturated rings. The molecule has 2 aromatic rings. The zero-order valence-corrected chi connectivity index (χ0v) is 10.3. The molecule has 4 nitrogen and oxygen atoms in total. The molecule has 0 spiro atoms. The fourth-order valence-electron chi connectivity index (χ4n) is 1.30. The first-order valence-corrected chi connectivity index (χ1v) is 5.42. The number of hydrogen-bond acceptors (Lipinski definition) is 3. The number of benzene rings is 1. The maximum atomic E-state index is 5.89. The van der Waals surface area contributed by atoms with Gasteiger partial charge in [-0.15, -0.1) is 0 Å². The van der Waals surface area contributed by atoms with Crippen molar-refractivity contribution in [1.29, 1.82) is 0 Å². The van der Waals surface area contributed by atoms with Crippen molar-refractivity contribution < 1.29 is 4.74 Å². The number of hydrogen-bond donors (Lipinski definition) is 1. The zero-order chi connectivity index (χ0) is 10.8. The number of nitrogens with zero attached hydrogens (tertiary/aromatic N) is 2. The number of anilines is 1. The highest BCUT2D eigenvalue weighted by Gasteiger charge is 2.04. The highest BCUT2D eigenvalue weighted by molar-refractivity contribution is 14.1. The first-order chi connectivity index (χ1) is 7.20. The van der Waals surface area contributed by atoms with Crippen LogP contribution in [0.1, 0.15) is 0 Å². The van der Waals surface area contributed by atoms with Crippen LogP contribution in [-0.4, -0.2) is 16.9 Å². The van der Waals surface area contributed by atoms with Gasteiger partial charge in [-0.3, -0.25) is 0 Å².